The summed E-state index contributed by atoms with van der Waals surface area (Å²) in [6, 6.07) is 0. The van der Waals surface area contributed by atoms with Gasteiger partial charge in [-0.3, -0.25) is 0 Å². The Morgan fingerprint density at radius 3 is 3.20 bits per heavy atom. The maximum atomic E-state index is 5.23. The van der Waals surface area contributed by atoms with Crippen LogP contribution in [0.4, 0.5) is 0 Å². The first kappa shape index (κ1) is 7.17. The topological polar surface area (TPSA) is 62.8 Å². The van der Waals surface area contributed by atoms with Crippen molar-refractivity contribution in [1.82, 2.24) is 5.32 Å². The molecular formula is C5H6CoN4. The van der Waals surface area contributed by atoms with Crippen LogP contribution in [0.1, 0.15) is 0 Å². The number of hydrogen-bond acceptors (Lipinski definition) is 3. The molecule has 0 bridgehead atoms. The second-order valence-corrected chi connectivity index (χ2v) is 1.79. The SMILES string of the molecule is NC=C1NC=NC1=N[CH]=[Co]. The molecule has 0 aromatic heterocycles. The summed E-state index contributed by atoms with van der Waals surface area (Å²) in [5, 5.41) is 4.16. The Kier molecular flexibility index (Phi) is 2.35. The molecule has 10 heavy (non-hydrogen) atoms. The molecule has 0 aromatic carbocycles. The Hall–Kier alpha value is -0.944. The molecule has 0 unspecified atom stereocenters. The third kappa shape index (κ3) is 1.31. The molecule has 0 saturated carbocycles. The van der Waals surface area contributed by atoms with E-state index in [9.17, 15) is 0 Å². The molecule has 1 heterocycles. The van der Waals surface area contributed by atoms with E-state index in [1.54, 1.807) is 0 Å². The molecule has 0 atom stereocenters. The number of hydrogen-bond donors (Lipinski definition) is 2. The second-order valence-electron chi connectivity index (χ2n) is 1.52. The molecule has 55 valence electrons. The van der Waals surface area contributed by atoms with Gasteiger partial charge < -0.3 is 0 Å². The second kappa shape index (κ2) is 3.28. The summed E-state index contributed by atoms with van der Waals surface area (Å²) in [5.74, 6) is 0.552. The van der Waals surface area contributed by atoms with Crippen molar-refractivity contribution in [2.24, 2.45) is 15.7 Å². The fraction of sp³-hybridized carbons (Fsp3) is 0. The average molecular weight is 181 g/mol. The average Bonchev–Trinajstić information content (AvgIpc) is 2.36. The first-order valence-corrected chi connectivity index (χ1v) is 3.17. The van der Waals surface area contributed by atoms with Crippen molar-refractivity contribution in [3.8, 4) is 0 Å². The molecule has 0 aromatic rings. The number of amidine groups is 1. The van der Waals surface area contributed by atoms with Gasteiger partial charge >= 0.3 is 65.5 Å². The fourth-order valence-electron chi connectivity index (χ4n) is 0.563. The van der Waals surface area contributed by atoms with Crippen LogP contribution in [-0.4, -0.2) is 17.3 Å². The molecule has 0 saturated heterocycles. The van der Waals surface area contributed by atoms with Gasteiger partial charge in [0.05, 0.1) is 0 Å². The molecule has 5 heteroatoms. The van der Waals surface area contributed by atoms with E-state index < -0.39 is 0 Å². The van der Waals surface area contributed by atoms with Crippen molar-refractivity contribution in [3.05, 3.63) is 11.9 Å². The van der Waals surface area contributed by atoms with Crippen LogP contribution in [0.2, 0.25) is 0 Å². The molecule has 3 N–H and O–H groups in total. The minimum atomic E-state index is 0.552. The Balaban J connectivity index is 2.86. The molecule has 0 radical (unpaired) electrons. The first-order chi connectivity index (χ1) is 4.88. The number of aliphatic imine (C=N–C) groups is 2. The molecule has 4 nitrogen and oxygen atoms in total. The predicted octanol–water partition coefficient (Wildman–Crippen LogP) is -0.877. The van der Waals surface area contributed by atoms with Gasteiger partial charge in [0.15, 0.2) is 0 Å². The Labute approximate surface area is 66.1 Å². The third-order valence-electron chi connectivity index (χ3n) is 0.980. The van der Waals surface area contributed by atoms with Crippen molar-refractivity contribution in [1.29, 1.82) is 0 Å². The van der Waals surface area contributed by atoms with Crippen LogP contribution in [0.15, 0.2) is 21.9 Å². The number of nitrogens with two attached hydrogens (primary N) is 1. The van der Waals surface area contributed by atoms with Crippen LogP contribution >= 0.6 is 0 Å². The van der Waals surface area contributed by atoms with Crippen LogP contribution in [0.3, 0.4) is 0 Å². The molecule has 1 aliphatic rings. The van der Waals surface area contributed by atoms with E-state index in [1.807, 2.05) is 0 Å². The summed E-state index contributed by atoms with van der Waals surface area (Å²) in [7, 11) is 0. The standard InChI is InChI=1S/C5H6N4.Co/c1-7-5-4(2-6)8-3-9-5;/h1-3H,6H2,(H,8,9);. The van der Waals surface area contributed by atoms with Crippen LogP contribution in [0, 0.1) is 0 Å². The van der Waals surface area contributed by atoms with Crippen LogP contribution < -0.4 is 11.1 Å². The van der Waals surface area contributed by atoms with Gasteiger partial charge in [0, 0.05) is 0 Å². The van der Waals surface area contributed by atoms with E-state index in [4.69, 9.17) is 5.73 Å². The molecule has 0 spiro atoms. The summed E-state index contributed by atoms with van der Waals surface area (Å²) < 4.78 is 0. The molecule has 1 rings (SSSR count). The van der Waals surface area contributed by atoms with Crippen molar-refractivity contribution in [3.63, 3.8) is 0 Å². The van der Waals surface area contributed by atoms with E-state index in [1.165, 1.54) is 17.6 Å². The molecule has 1 aliphatic heterocycles. The van der Waals surface area contributed by atoms with Gasteiger partial charge in [0.2, 0.25) is 0 Å². The van der Waals surface area contributed by atoms with E-state index in [0.717, 1.165) is 0 Å². The quantitative estimate of drug-likeness (QED) is 0.551. The number of rotatable bonds is 1. The Morgan fingerprint density at radius 2 is 2.60 bits per heavy atom. The predicted molar refractivity (Wildman–Crippen MR) is 37.4 cm³/mol. The monoisotopic (exact) mass is 181 g/mol. The van der Waals surface area contributed by atoms with Crippen molar-refractivity contribution >= 4 is 17.3 Å². The van der Waals surface area contributed by atoms with Crippen molar-refractivity contribution < 1.29 is 15.3 Å². The van der Waals surface area contributed by atoms with E-state index >= 15 is 0 Å². The number of nitrogens with zero attached hydrogens (tertiary/aromatic N) is 2. The summed E-state index contributed by atoms with van der Waals surface area (Å²) in [6.07, 6.45) is 2.93. The number of nitrogens with one attached hydrogen (secondary N) is 1. The van der Waals surface area contributed by atoms with E-state index in [-0.39, 0.29) is 0 Å². The van der Waals surface area contributed by atoms with Crippen LogP contribution in [-0.2, 0) is 15.3 Å². The summed E-state index contributed by atoms with van der Waals surface area (Å²) in [6.45, 7) is 0. The third-order valence-corrected chi connectivity index (χ3v) is 1.11. The first-order valence-electron chi connectivity index (χ1n) is 2.57. The van der Waals surface area contributed by atoms with Crippen molar-refractivity contribution in [2.75, 3.05) is 0 Å². The van der Waals surface area contributed by atoms with Gasteiger partial charge in [-0.1, -0.05) is 0 Å². The minimum absolute atomic E-state index is 0.552. The van der Waals surface area contributed by atoms with Gasteiger partial charge in [-0.25, -0.2) is 0 Å². The van der Waals surface area contributed by atoms with Gasteiger partial charge in [-0.2, -0.15) is 0 Å². The zero-order valence-electron chi connectivity index (χ0n) is 5.04. The maximum absolute atomic E-state index is 5.23. The van der Waals surface area contributed by atoms with Gasteiger partial charge in [-0.05, 0) is 0 Å². The summed E-state index contributed by atoms with van der Waals surface area (Å²) >= 11 is 3.84. The molecule has 0 fully saturated rings. The summed E-state index contributed by atoms with van der Waals surface area (Å²) in [5.41, 5.74) is 5.93. The normalized spacial score (nSPS) is 23.7. The van der Waals surface area contributed by atoms with Crippen LogP contribution in [0.5, 0.6) is 0 Å². The van der Waals surface area contributed by atoms with Crippen LogP contribution in [0.25, 0.3) is 0 Å². The van der Waals surface area contributed by atoms with Gasteiger partial charge in [0.1, 0.15) is 0 Å². The fourth-order valence-corrected chi connectivity index (χ4v) is 0.691. The van der Waals surface area contributed by atoms with Gasteiger partial charge in [0.25, 0.3) is 0 Å². The molecule has 0 aliphatic carbocycles. The van der Waals surface area contributed by atoms with Gasteiger partial charge in [-0.15, -0.1) is 0 Å². The summed E-state index contributed by atoms with van der Waals surface area (Å²) in [4.78, 5) is 7.68. The van der Waals surface area contributed by atoms with E-state index in [2.05, 4.69) is 30.6 Å². The molecular weight excluding hydrogens is 175 g/mol. The Bertz CT molecular complexity index is 228. The molecule has 0 amide bonds. The zero-order valence-corrected chi connectivity index (χ0v) is 6.08. The zero-order chi connectivity index (χ0) is 7.40. The Morgan fingerprint density at radius 1 is 1.80 bits per heavy atom. The van der Waals surface area contributed by atoms with E-state index in [0.29, 0.717) is 11.5 Å². The van der Waals surface area contributed by atoms with Crippen molar-refractivity contribution in [2.45, 2.75) is 0 Å².